The lowest BCUT2D eigenvalue weighted by molar-refractivity contribution is 0.0603. The number of fused-ring (bicyclic) bond motifs is 1. The van der Waals surface area contributed by atoms with Gasteiger partial charge in [0.25, 0.3) is 15.9 Å². The van der Waals surface area contributed by atoms with Crippen LogP contribution in [0.3, 0.4) is 0 Å². The van der Waals surface area contributed by atoms with Gasteiger partial charge in [0.2, 0.25) is 0 Å². The molecule has 7 nitrogen and oxygen atoms in total. The second-order valence-electron chi connectivity index (χ2n) is 8.06. The number of ether oxygens (including phenoxy) is 1. The number of methoxy groups -OCH3 is 1. The van der Waals surface area contributed by atoms with Gasteiger partial charge in [0, 0.05) is 17.1 Å². The molecule has 8 heteroatoms. The molecule has 0 saturated carbocycles. The molecular formula is C26H24N2O5S. The maximum atomic E-state index is 13.4. The van der Waals surface area contributed by atoms with Crippen molar-refractivity contribution < 1.29 is 22.7 Å². The fourth-order valence-corrected chi connectivity index (χ4v) is 5.24. The van der Waals surface area contributed by atoms with Crippen molar-refractivity contribution in [3.05, 3.63) is 94.7 Å². The zero-order chi connectivity index (χ0) is 24.6. The van der Waals surface area contributed by atoms with Gasteiger partial charge in [-0.25, -0.2) is 13.2 Å². The van der Waals surface area contributed by atoms with Gasteiger partial charge in [-0.15, -0.1) is 0 Å². The van der Waals surface area contributed by atoms with E-state index in [1.54, 1.807) is 55.5 Å². The van der Waals surface area contributed by atoms with Crippen LogP contribution >= 0.6 is 0 Å². The van der Waals surface area contributed by atoms with Crippen molar-refractivity contribution in [2.45, 2.75) is 25.7 Å². The molecule has 0 fully saturated rings. The molecule has 0 aliphatic carbocycles. The topological polar surface area (TPSA) is 94.5 Å². The normalized spacial score (nSPS) is 11.4. The van der Waals surface area contributed by atoms with Crippen LogP contribution in [0, 0.1) is 20.8 Å². The molecule has 0 atom stereocenters. The SMILES string of the molecule is COC(=O)c1cn(C(=O)c2ccc(C)c(S(=O)(=O)Nc3cccc(C)c3C)c2)c2ccccc12. The lowest BCUT2D eigenvalue weighted by atomic mass is 10.1. The summed E-state index contributed by atoms with van der Waals surface area (Å²) in [7, 11) is -2.69. The van der Waals surface area contributed by atoms with E-state index in [1.165, 1.54) is 23.9 Å². The number of nitrogens with zero attached hydrogens (tertiary/aromatic N) is 1. The fraction of sp³-hybridized carbons (Fsp3) is 0.154. The maximum absolute atomic E-state index is 13.4. The quantitative estimate of drug-likeness (QED) is 0.416. The third kappa shape index (κ3) is 4.08. The fourth-order valence-electron chi connectivity index (χ4n) is 3.84. The number of carbonyl (C=O) groups excluding carboxylic acids is 2. The number of anilines is 1. The summed E-state index contributed by atoms with van der Waals surface area (Å²) in [6.07, 6.45) is 1.42. The standard InChI is InChI=1S/C26H24N2O5S/c1-16-8-7-10-22(18(16)3)27-34(31,32)24-14-19(13-12-17(24)2)25(29)28-15-21(26(30)33-4)20-9-5-6-11-23(20)28/h5-15,27H,1-4H3. The largest absolute Gasteiger partial charge is 0.465 e. The Labute approximate surface area is 198 Å². The molecule has 0 spiro atoms. The number of carbonyl (C=O) groups is 2. The monoisotopic (exact) mass is 476 g/mol. The van der Waals surface area contributed by atoms with E-state index in [0.29, 0.717) is 22.2 Å². The molecule has 1 heterocycles. The van der Waals surface area contributed by atoms with Gasteiger partial charge >= 0.3 is 5.97 Å². The highest BCUT2D eigenvalue weighted by Gasteiger charge is 2.23. The van der Waals surface area contributed by atoms with Gasteiger partial charge in [-0.2, -0.15) is 0 Å². The number of hydrogen-bond donors (Lipinski definition) is 1. The van der Waals surface area contributed by atoms with E-state index in [4.69, 9.17) is 4.74 Å². The lowest BCUT2D eigenvalue weighted by Crippen LogP contribution is -2.17. The number of nitrogens with one attached hydrogen (secondary N) is 1. The molecule has 4 aromatic rings. The Kier molecular flexibility index (Phi) is 6.01. The smallest absolute Gasteiger partial charge is 0.340 e. The maximum Gasteiger partial charge on any atom is 0.340 e. The molecule has 1 N–H and O–H groups in total. The summed E-state index contributed by atoms with van der Waals surface area (Å²) in [4.78, 5) is 25.7. The minimum absolute atomic E-state index is 0.00362. The van der Waals surface area contributed by atoms with Crippen molar-refractivity contribution in [3.8, 4) is 0 Å². The van der Waals surface area contributed by atoms with Crippen molar-refractivity contribution in [1.82, 2.24) is 4.57 Å². The van der Waals surface area contributed by atoms with Gasteiger partial charge in [0.1, 0.15) is 0 Å². The van der Waals surface area contributed by atoms with Crippen molar-refractivity contribution in [3.63, 3.8) is 0 Å². The van der Waals surface area contributed by atoms with Crippen LogP contribution in [0.1, 0.15) is 37.4 Å². The minimum atomic E-state index is -3.96. The third-order valence-electron chi connectivity index (χ3n) is 5.91. The van der Waals surface area contributed by atoms with E-state index in [1.807, 2.05) is 19.9 Å². The Balaban J connectivity index is 1.78. The Bertz CT molecular complexity index is 1550. The summed E-state index contributed by atoms with van der Waals surface area (Å²) < 4.78 is 35.3. The third-order valence-corrected chi connectivity index (χ3v) is 7.42. The molecule has 0 amide bonds. The van der Waals surface area contributed by atoms with Gasteiger partial charge in [-0.05, 0) is 61.7 Å². The van der Waals surface area contributed by atoms with E-state index < -0.39 is 21.9 Å². The summed E-state index contributed by atoms with van der Waals surface area (Å²) in [6.45, 7) is 5.42. The first-order chi connectivity index (χ1) is 16.1. The number of aryl methyl sites for hydroxylation is 2. The zero-order valence-corrected chi connectivity index (χ0v) is 20.1. The summed E-state index contributed by atoms with van der Waals surface area (Å²) >= 11 is 0. The van der Waals surface area contributed by atoms with Crippen molar-refractivity contribution in [2.75, 3.05) is 11.8 Å². The van der Waals surface area contributed by atoms with E-state index in [2.05, 4.69) is 4.72 Å². The Hall–Kier alpha value is -3.91. The predicted molar refractivity (Wildman–Crippen MR) is 131 cm³/mol. The van der Waals surface area contributed by atoms with Crippen LogP contribution in [0.25, 0.3) is 10.9 Å². The number of hydrogen-bond acceptors (Lipinski definition) is 5. The minimum Gasteiger partial charge on any atom is -0.465 e. The Morgan fingerprint density at radius 1 is 0.912 bits per heavy atom. The molecule has 0 radical (unpaired) electrons. The number of sulfonamides is 1. The highest BCUT2D eigenvalue weighted by atomic mass is 32.2. The highest BCUT2D eigenvalue weighted by Crippen LogP contribution is 2.27. The van der Waals surface area contributed by atoms with Crippen LogP contribution < -0.4 is 4.72 Å². The van der Waals surface area contributed by atoms with Crippen LogP contribution in [0.2, 0.25) is 0 Å². The van der Waals surface area contributed by atoms with Crippen LogP contribution in [0.5, 0.6) is 0 Å². The Morgan fingerprint density at radius 2 is 1.65 bits per heavy atom. The first-order valence-corrected chi connectivity index (χ1v) is 12.0. The number of rotatable bonds is 5. The van der Waals surface area contributed by atoms with E-state index >= 15 is 0 Å². The van der Waals surface area contributed by atoms with Gasteiger partial charge in [0.15, 0.2) is 0 Å². The second-order valence-corrected chi connectivity index (χ2v) is 9.71. The van der Waals surface area contributed by atoms with Gasteiger partial charge in [-0.3, -0.25) is 14.1 Å². The average molecular weight is 477 g/mol. The second kappa shape index (κ2) is 8.79. The number of benzene rings is 3. The summed E-state index contributed by atoms with van der Waals surface area (Å²) in [5, 5.41) is 0.569. The highest BCUT2D eigenvalue weighted by molar-refractivity contribution is 7.92. The molecule has 34 heavy (non-hydrogen) atoms. The molecule has 0 unspecified atom stereocenters. The molecule has 3 aromatic carbocycles. The van der Waals surface area contributed by atoms with Crippen LogP contribution in [-0.4, -0.2) is 32.0 Å². The molecule has 1 aromatic heterocycles. The molecule has 0 saturated heterocycles. The molecular weight excluding hydrogens is 452 g/mol. The molecule has 0 aliphatic heterocycles. The Morgan fingerprint density at radius 3 is 2.38 bits per heavy atom. The molecule has 4 rings (SSSR count). The zero-order valence-electron chi connectivity index (χ0n) is 19.2. The number of esters is 1. The first kappa shape index (κ1) is 23.3. The van der Waals surface area contributed by atoms with E-state index in [-0.39, 0.29) is 16.0 Å². The van der Waals surface area contributed by atoms with Crippen molar-refractivity contribution >= 4 is 38.5 Å². The molecule has 0 bridgehead atoms. The van der Waals surface area contributed by atoms with E-state index in [0.717, 1.165) is 11.1 Å². The van der Waals surface area contributed by atoms with Crippen molar-refractivity contribution in [1.29, 1.82) is 0 Å². The van der Waals surface area contributed by atoms with E-state index in [9.17, 15) is 18.0 Å². The summed E-state index contributed by atoms with van der Waals surface area (Å²) in [5.41, 5.74) is 3.71. The van der Waals surface area contributed by atoms with Gasteiger partial charge in [-0.1, -0.05) is 36.4 Å². The first-order valence-electron chi connectivity index (χ1n) is 10.6. The van der Waals surface area contributed by atoms with Crippen molar-refractivity contribution in [2.24, 2.45) is 0 Å². The lowest BCUT2D eigenvalue weighted by Gasteiger charge is -2.14. The van der Waals surface area contributed by atoms with Crippen LogP contribution in [-0.2, 0) is 14.8 Å². The molecule has 0 aliphatic rings. The summed E-state index contributed by atoms with van der Waals surface area (Å²) in [6, 6.07) is 16.9. The number of para-hydroxylation sites is 1. The predicted octanol–water partition coefficient (Wildman–Crippen LogP) is 4.84. The average Bonchev–Trinajstić information content (AvgIpc) is 3.21. The summed E-state index contributed by atoms with van der Waals surface area (Å²) in [5.74, 6) is -1.03. The van der Waals surface area contributed by atoms with Crippen LogP contribution in [0.4, 0.5) is 5.69 Å². The van der Waals surface area contributed by atoms with Gasteiger partial charge in [0.05, 0.1) is 28.8 Å². The number of aromatic nitrogens is 1. The van der Waals surface area contributed by atoms with Crippen LogP contribution in [0.15, 0.2) is 71.8 Å². The molecule has 174 valence electrons. The van der Waals surface area contributed by atoms with Gasteiger partial charge < -0.3 is 4.74 Å².